The lowest BCUT2D eigenvalue weighted by Crippen LogP contribution is -2.24. The van der Waals surface area contributed by atoms with Gasteiger partial charge < -0.3 is 14.7 Å². The van der Waals surface area contributed by atoms with Gasteiger partial charge in [-0.3, -0.25) is 4.79 Å². The van der Waals surface area contributed by atoms with Gasteiger partial charge in [0, 0.05) is 13.0 Å². The van der Waals surface area contributed by atoms with E-state index >= 15 is 0 Å². The fourth-order valence-corrected chi connectivity index (χ4v) is 1.11. The average molecular weight is 203 g/mol. The first kappa shape index (κ1) is 13.4. The maximum atomic E-state index is 10.8. The summed E-state index contributed by atoms with van der Waals surface area (Å²) in [5.74, 6) is -0.158. The van der Waals surface area contributed by atoms with Crippen LogP contribution in [0.2, 0.25) is 0 Å². The highest BCUT2D eigenvalue weighted by Crippen LogP contribution is 1.97. The Morgan fingerprint density at radius 3 is 2.64 bits per heavy atom. The highest BCUT2D eigenvalue weighted by molar-refractivity contribution is 5.69. The van der Waals surface area contributed by atoms with E-state index in [0.717, 1.165) is 25.9 Å². The summed E-state index contributed by atoms with van der Waals surface area (Å²) >= 11 is 0. The second-order valence-corrected chi connectivity index (χ2v) is 3.62. The summed E-state index contributed by atoms with van der Waals surface area (Å²) in [6.07, 6.45) is 1.80. The maximum Gasteiger partial charge on any atom is 0.305 e. The summed E-state index contributed by atoms with van der Waals surface area (Å²) in [7, 11) is 3.39. The molecule has 0 aliphatic carbocycles. The molecule has 1 N–H and O–H groups in total. The topological polar surface area (TPSA) is 49.8 Å². The number of hydrogen-bond acceptors (Lipinski definition) is 4. The van der Waals surface area contributed by atoms with Gasteiger partial charge in [-0.1, -0.05) is 0 Å². The van der Waals surface area contributed by atoms with Crippen LogP contribution in [0, 0.1) is 0 Å². The second-order valence-electron chi connectivity index (χ2n) is 3.62. The molecule has 14 heavy (non-hydrogen) atoms. The molecule has 0 aliphatic heterocycles. The standard InChI is InChI=1S/C10H21NO3/c1-9(12)6-8-11(2)7-4-5-10(13)14-3/h9,12H,4-8H2,1-3H3. The Hall–Kier alpha value is -0.610. The summed E-state index contributed by atoms with van der Waals surface area (Å²) in [5, 5.41) is 9.05. The van der Waals surface area contributed by atoms with Crippen molar-refractivity contribution in [3.05, 3.63) is 0 Å². The number of esters is 1. The number of carbonyl (C=O) groups excluding carboxylic acids is 1. The first-order chi connectivity index (χ1) is 6.56. The predicted molar refractivity (Wildman–Crippen MR) is 55.0 cm³/mol. The minimum atomic E-state index is -0.252. The van der Waals surface area contributed by atoms with E-state index in [1.54, 1.807) is 6.92 Å². The summed E-state index contributed by atoms with van der Waals surface area (Å²) in [5.41, 5.74) is 0. The zero-order valence-electron chi connectivity index (χ0n) is 9.32. The van der Waals surface area contributed by atoms with Crippen LogP contribution in [0.4, 0.5) is 0 Å². The van der Waals surface area contributed by atoms with Gasteiger partial charge in [-0.25, -0.2) is 0 Å². The predicted octanol–water partition coefficient (Wildman–Crippen LogP) is 0.642. The maximum absolute atomic E-state index is 10.8. The number of aliphatic hydroxyl groups excluding tert-OH is 1. The molecule has 0 aromatic carbocycles. The Balaban J connectivity index is 3.35. The van der Waals surface area contributed by atoms with Gasteiger partial charge in [0.05, 0.1) is 13.2 Å². The molecule has 84 valence electrons. The molecule has 0 aliphatic rings. The van der Waals surface area contributed by atoms with Crippen molar-refractivity contribution in [3.8, 4) is 0 Å². The van der Waals surface area contributed by atoms with Crippen LogP contribution in [-0.2, 0) is 9.53 Å². The van der Waals surface area contributed by atoms with Gasteiger partial charge in [0.1, 0.15) is 0 Å². The highest BCUT2D eigenvalue weighted by atomic mass is 16.5. The number of rotatable bonds is 7. The van der Waals surface area contributed by atoms with Crippen molar-refractivity contribution in [2.75, 3.05) is 27.2 Å². The van der Waals surface area contributed by atoms with Gasteiger partial charge in [0.15, 0.2) is 0 Å². The largest absolute Gasteiger partial charge is 0.469 e. The van der Waals surface area contributed by atoms with E-state index in [-0.39, 0.29) is 12.1 Å². The van der Waals surface area contributed by atoms with Crippen LogP contribution in [-0.4, -0.2) is 49.3 Å². The van der Waals surface area contributed by atoms with Gasteiger partial charge in [-0.05, 0) is 33.4 Å². The van der Waals surface area contributed by atoms with Gasteiger partial charge in [0.25, 0.3) is 0 Å². The average Bonchev–Trinajstić information content (AvgIpc) is 2.14. The van der Waals surface area contributed by atoms with Crippen molar-refractivity contribution >= 4 is 5.97 Å². The molecule has 0 saturated heterocycles. The second kappa shape index (κ2) is 7.76. The molecule has 4 heteroatoms. The number of nitrogens with zero attached hydrogens (tertiary/aromatic N) is 1. The molecule has 0 bridgehead atoms. The van der Waals surface area contributed by atoms with Crippen LogP contribution in [0.5, 0.6) is 0 Å². The molecular formula is C10H21NO3. The Morgan fingerprint density at radius 1 is 1.50 bits per heavy atom. The van der Waals surface area contributed by atoms with Crippen LogP contribution in [0.15, 0.2) is 0 Å². The van der Waals surface area contributed by atoms with E-state index in [1.807, 2.05) is 7.05 Å². The van der Waals surface area contributed by atoms with Crippen molar-refractivity contribution < 1.29 is 14.6 Å². The molecule has 0 heterocycles. The first-order valence-electron chi connectivity index (χ1n) is 4.99. The summed E-state index contributed by atoms with van der Waals surface area (Å²) in [4.78, 5) is 12.9. The molecular weight excluding hydrogens is 182 g/mol. The number of carbonyl (C=O) groups is 1. The first-order valence-corrected chi connectivity index (χ1v) is 4.99. The third-order valence-electron chi connectivity index (χ3n) is 2.08. The monoisotopic (exact) mass is 203 g/mol. The molecule has 0 rings (SSSR count). The SMILES string of the molecule is COC(=O)CCCN(C)CCC(C)O. The van der Waals surface area contributed by atoms with Crippen LogP contribution >= 0.6 is 0 Å². The Labute approximate surface area is 85.9 Å². The molecule has 0 spiro atoms. The smallest absolute Gasteiger partial charge is 0.305 e. The summed E-state index contributed by atoms with van der Waals surface area (Å²) in [6, 6.07) is 0. The molecule has 0 radical (unpaired) electrons. The molecule has 1 atom stereocenters. The molecule has 0 saturated carbocycles. The van der Waals surface area contributed by atoms with Gasteiger partial charge in [-0.15, -0.1) is 0 Å². The molecule has 1 unspecified atom stereocenters. The Bertz CT molecular complexity index is 159. The number of aliphatic hydroxyl groups is 1. The quantitative estimate of drug-likeness (QED) is 0.617. The number of hydrogen-bond donors (Lipinski definition) is 1. The Morgan fingerprint density at radius 2 is 2.14 bits per heavy atom. The summed E-state index contributed by atoms with van der Waals surface area (Å²) in [6.45, 7) is 3.50. The molecule has 0 amide bonds. The van der Waals surface area contributed by atoms with Gasteiger partial charge >= 0.3 is 5.97 Å². The van der Waals surface area contributed by atoms with Crippen LogP contribution in [0.3, 0.4) is 0 Å². The highest BCUT2D eigenvalue weighted by Gasteiger charge is 2.03. The lowest BCUT2D eigenvalue weighted by molar-refractivity contribution is -0.140. The van der Waals surface area contributed by atoms with Crippen molar-refractivity contribution in [3.63, 3.8) is 0 Å². The molecule has 4 nitrogen and oxygen atoms in total. The lowest BCUT2D eigenvalue weighted by atomic mass is 10.2. The van der Waals surface area contributed by atoms with E-state index in [4.69, 9.17) is 5.11 Å². The van der Waals surface area contributed by atoms with E-state index in [2.05, 4.69) is 9.64 Å². The minimum Gasteiger partial charge on any atom is -0.469 e. The minimum absolute atomic E-state index is 0.158. The third-order valence-corrected chi connectivity index (χ3v) is 2.08. The van der Waals surface area contributed by atoms with Crippen molar-refractivity contribution in [1.82, 2.24) is 4.90 Å². The molecule has 0 aromatic heterocycles. The Kier molecular flexibility index (Phi) is 7.42. The third kappa shape index (κ3) is 8.01. The zero-order chi connectivity index (χ0) is 11.0. The molecule has 0 aromatic rings. The van der Waals surface area contributed by atoms with Crippen molar-refractivity contribution in [2.45, 2.75) is 32.3 Å². The van der Waals surface area contributed by atoms with Crippen LogP contribution < -0.4 is 0 Å². The van der Waals surface area contributed by atoms with Crippen molar-refractivity contribution in [1.29, 1.82) is 0 Å². The fraction of sp³-hybridized carbons (Fsp3) is 0.900. The number of methoxy groups -OCH3 is 1. The van der Waals surface area contributed by atoms with E-state index in [0.29, 0.717) is 6.42 Å². The van der Waals surface area contributed by atoms with E-state index in [1.165, 1.54) is 7.11 Å². The van der Waals surface area contributed by atoms with Crippen molar-refractivity contribution in [2.24, 2.45) is 0 Å². The van der Waals surface area contributed by atoms with Gasteiger partial charge in [-0.2, -0.15) is 0 Å². The normalized spacial score (nSPS) is 12.9. The zero-order valence-corrected chi connectivity index (χ0v) is 9.32. The van der Waals surface area contributed by atoms with Crippen LogP contribution in [0.25, 0.3) is 0 Å². The summed E-state index contributed by atoms with van der Waals surface area (Å²) < 4.78 is 4.53. The lowest BCUT2D eigenvalue weighted by Gasteiger charge is -2.16. The van der Waals surface area contributed by atoms with E-state index in [9.17, 15) is 4.79 Å². The van der Waals surface area contributed by atoms with Crippen LogP contribution in [0.1, 0.15) is 26.2 Å². The number of ether oxygens (including phenoxy) is 1. The van der Waals surface area contributed by atoms with E-state index < -0.39 is 0 Å². The van der Waals surface area contributed by atoms with Gasteiger partial charge in [0.2, 0.25) is 0 Å². The fourth-order valence-electron chi connectivity index (χ4n) is 1.11. The molecule has 0 fully saturated rings.